The van der Waals surface area contributed by atoms with Gasteiger partial charge in [0.15, 0.2) is 0 Å². The fourth-order valence-electron chi connectivity index (χ4n) is 1.51. The smallest absolute Gasteiger partial charge is 0.258 e. The number of rotatable bonds is 3. The Hall–Kier alpha value is -2.41. The van der Waals surface area contributed by atoms with Gasteiger partial charge in [-0.15, -0.1) is 11.3 Å². The molecule has 1 aromatic carbocycles. The average Bonchev–Trinajstić information content (AvgIpc) is 2.80. The molecule has 5 N–H and O–H groups in total. The van der Waals surface area contributed by atoms with E-state index in [1.165, 1.54) is 18.2 Å². The minimum Gasteiger partial charge on any atom is -0.396 e. The van der Waals surface area contributed by atoms with Gasteiger partial charge in [0.1, 0.15) is 10.8 Å². The van der Waals surface area contributed by atoms with E-state index in [0.717, 1.165) is 17.4 Å². The number of hydrogen-bond donors (Lipinski definition) is 3. The average molecular weight is 279 g/mol. The van der Waals surface area contributed by atoms with Gasteiger partial charge in [0.05, 0.1) is 16.8 Å². The van der Waals surface area contributed by atoms with E-state index in [0.29, 0.717) is 5.00 Å². The van der Waals surface area contributed by atoms with Gasteiger partial charge in [-0.25, -0.2) is 4.39 Å². The second-order valence-corrected chi connectivity index (χ2v) is 4.60. The van der Waals surface area contributed by atoms with Gasteiger partial charge in [-0.3, -0.25) is 9.59 Å². The Balaban J connectivity index is 2.29. The largest absolute Gasteiger partial charge is 0.396 e. The van der Waals surface area contributed by atoms with Crippen LogP contribution in [0.2, 0.25) is 0 Å². The highest BCUT2D eigenvalue weighted by molar-refractivity contribution is 7.14. The molecule has 2 rings (SSSR count). The van der Waals surface area contributed by atoms with Gasteiger partial charge in [0, 0.05) is 0 Å². The van der Waals surface area contributed by atoms with E-state index < -0.39 is 17.6 Å². The van der Waals surface area contributed by atoms with E-state index in [-0.39, 0.29) is 16.8 Å². The minimum atomic E-state index is -0.672. The fourth-order valence-corrected chi connectivity index (χ4v) is 2.29. The van der Waals surface area contributed by atoms with Gasteiger partial charge in [-0.1, -0.05) is 6.07 Å². The van der Waals surface area contributed by atoms with Gasteiger partial charge in [-0.2, -0.15) is 0 Å². The molecule has 0 saturated heterocycles. The van der Waals surface area contributed by atoms with Crippen molar-refractivity contribution in [3.05, 3.63) is 46.6 Å². The molecule has 1 aromatic heterocycles. The van der Waals surface area contributed by atoms with Crippen molar-refractivity contribution in [2.24, 2.45) is 5.73 Å². The Bertz CT molecular complexity index is 654. The molecule has 0 atom stereocenters. The first-order valence-corrected chi connectivity index (χ1v) is 6.11. The summed E-state index contributed by atoms with van der Waals surface area (Å²) in [5.41, 5.74) is 10.6. The van der Waals surface area contributed by atoms with Crippen LogP contribution in [0.15, 0.2) is 29.6 Å². The number of primary amides is 1. The van der Waals surface area contributed by atoms with Crippen LogP contribution in [-0.4, -0.2) is 11.8 Å². The molecule has 0 radical (unpaired) electrons. The Morgan fingerprint density at radius 1 is 1.21 bits per heavy atom. The maximum atomic E-state index is 13.2. The number of amides is 2. The van der Waals surface area contributed by atoms with Crippen LogP contribution < -0.4 is 16.8 Å². The predicted molar refractivity (Wildman–Crippen MR) is 71.6 cm³/mol. The molecule has 7 heteroatoms. The zero-order chi connectivity index (χ0) is 14.0. The first kappa shape index (κ1) is 13.0. The first-order chi connectivity index (χ1) is 9.00. The lowest BCUT2D eigenvalue weighted by molar-refractivity contribution is 0.100. The molecule has 1 heterocycles. The molecule has 0 unspecified atom stereocenters. The quantitative estimate of drug-likeness (QED) is 0.747. The van der Waals surface area contributed by atoms with Crippen LogP contribution in [-0.2, 0) is 0 Å². The zero-order valence-electron chi connectivity index (χ0n) is 9.64. The zero-order valence-corrected chi connectivity index (χ0v) is 10.5. The first-order valence-electron chi connectivity index (χ1n) is 5.23. The molecule has 2 aromatic rings. The van der Waals surface area contributed by atoms with E-state index in [4.69, 9.17) is 11.5 Å². The molecule has 0 bridgehead atoms. The summed E-state index contributed by atoms with van der Waals surface area (Å²) in [5.74, 6) is -1.92. The number of thiophene rings is 1. The molecule has 0 aliphatic rings. The van der Waals surface area contributed by atoms with Crippen LogP contribution in [0, 0.1) is 5.82 Å². The topological polar surface area (TPSA) is 98.2 Å². The van der Waals surface area contributed by atoms with Crippen LogP contribution in [0.25, 0.3) is 0 Å². The molecule has 0 aliphatic heterocycles. The highest BCUT2D eigenvalue weighted by Gasteiger charge is 2.16. The second-order valence-electron chi connectivity index (χ2n) is 3.68. The summed E-state index contributed by atoms with van der Waals surface area (Å²) in [5, 5.41) is 4.41. The third kappa shape index (κ3) is 2.55. The number of nitrogen functional groups attached to an aromatic ring is 1. The summed E-state index contributed by atoms with van der Waals surface area (Å²) in [4.78, 5) is 23.1. The van der Waals surface area contributed by atoms with Gasteiger partial charge in [0.2, 0.25) is 0 Å². The van der Waals surface area contributed by atoms with Crippen LogP contribution >= 0.6 is 11.3 Å². The van der Waals surface area contributed by atoms with E-state index in [1.54, 1.807) is 5.38 Å². The highest BCUT2D eigenvalue weighted by atomic mass is 32.1. The summed E-state index contributed by atoms with van der Waals surface area (Å²) in [6.45, 7) is 0. The van der Waals surface area contributed by atoms with Crippen LogP contribution in [0.5, 0.6) is 0 Å². The molecule has 0 spiro atoms. The molecular weight excluding hydrogens is 269 g/mol. The monoisotopic (exact) mass is 279 g/mol. The SMILES string of the molecule is NC(=O)c1ccsc1NC(=O)c1cccc(F)c1N. The van der Waals surface area contributed by atoms with Gasteiger partial charge in [-0.05, 0) is 23.6 Å². The summed E-state index contributed by atoms with van der Waals surface area (Å²) in [7, 11) is 0. The number of hydrogen-bond acceptors (Lipinski definition) is 4. The van der Waals surface area contributed by atoms with Crippen molar-refractivity contribution in [2.45, 2.75) is 0 Å². The third-order valence-electron chi connectivity index (χ3n) is 2.46. The van der Waals surface area contributed by atoms with Crippen molar-refractivity contribution in [3.63, 3.8) is 0 Å². The molecule has 19 heavy (non-hydrogen) atoms. The number of para-hydroxylation sites is 1. The molecule has 2 amide bonds. The van der Waals surface area contributed by atoms with Crippen molar-refractivity contribution in [1.82, 2.24) is 0 Å². The Kier molecular flexibility index (Phi) is 3.48. The second kappa shape index (κ2) is 5.07. The lowest BCUT2D eigenvalue weighted by Crippen LogP contribution is -2.17. The van der Waals surface area contributed by atoms with Gasteiger partial charge >= 0.3 is 0 Å². The number of carbonyl (C=O) groups excluding carboxylic acids is 2. The number of carbonyl (C=O) groups is 2. The fraction of sp³-hybridized carbons (Fsp3) is 0. The highest BCUT2D eigenvalue weighted by Crippen LogP contribution is 2.24. The van der Waals surface area contributed by atoms with Gasteiger partial charge in [0.25, 0.3) is 11.8 Å². The summed E-state index contributed by atoms with van der Waals surface area (Å²) >= 11 is 1.14. The minimum absolute atomic E-state index is 0.00354. The van der Waals surface area contributed by atoms with Crippen molar-refractivity contribution in [1.29, 1.82) is 0 Å². The maximum Gasteiger partial charge on any atom is 0.258 e. The third-order valence-corrected chi connectivity index (χ3v) is 3.29. The Morgan fingerprint density at radius 3 is 2.63 bits per heavy atom. The van der Waals surface area contributed by atoms with E-state index >= 15 is 0 Å². The number of halogens is 1. The standard InChI is InChI=1S/C12H10FN3O2S/c13-8-3-1-2-6(9(8)14)11(18)16-12-7(10(15)17)4-5-19-12/h1-5H,14H2,(H2,15,17)(H,16,18). The Morgan fingerprint density at radius 2 is 1.95 bits per heavy atom. The number of nitrogens with two attached hydrogens (primary N) is 2. The molecule has 0 fully saturated rings. The van der Waals surface area contributed by atoms with E-state index in [2.05, 4.69) is 5.32 Å². The summed E-state index contributed by atoms with van der Waals surface area (Å²) in [6, 6.07) is 5.43. The number of benzene rings is 1. The normalized spacial score (nSPS) is 10.2. The maximum absolute atomic E-state index is 13.2. The van der Waals surface area contributed by atoms with Crippen molar-refractivity contribution >= 4 is 33.8 Å². The number of nitrogens with one attached hydrogen (secondary N) is 1. The van der Waals surface area contributed by atoms with Gasteiger partial charge < -0.3 is 16.8 Å². The predicted octanol–water partition coefficient (Wildman–Crippen LogP) is 1.82. The Labute approximate surface area is 112 Å². The van der Waals surface area contributed by atoms with E-state index in [1.807, 2.05) is 0 Å². The van der Waals surface area contributed by atoms with Crippen LogP contribution in [0.4, 0.5) is 15.1 Å². The van der Waals surface area contributed by atoms with Crippen molar-refractivity contribution in [2.75, 3.05) is 11.1 Å². The van der Waals surface area contributed by atoms with Crippen LogP contribution in [0.1, 0.15) is 20.7 Å². The summed E-state index contributed by atoms with van der Waals surface area (Å²) in [6.07, 6.45) is 0. The molecule has 98 valence electrons. The lowest BCUT2D eigenvalue weighted by atomic mass is 10.1. The summed E-state index contributed by atoms with van der Waals surface area (Å²) < 4.78 is 13.2. The lowest BCUT2D eigenvalue weighted by Gasteiger charge is -2.07. The molecule has 5 nitrogen and oxygen atoms in total. The number of anilines is 2. The van der Waals surface area contributed by atoms with Crippen LogP contribution in [0.3, 0.4) is 0 Å². The molecule has 0 aliphatic carbocycles. The van der Waals surface area contributed by atoms with E-state index in [9.17, 15) is 14.0 Å². The van der Waals surface area contributed by atoms with Crippen molar-refractivity contribution < 1.29 is 14.0 Å². The molecular formula is C12H10FN3O2S. The molecule has 0 saturated carbocycles. The van der Waals surface area contributed by atoms with Crippen molar-refractivity contribution in [3.8, 4) is 0 Å².